The Morgan fingerprint density at radius 2 is 1.96 bits per heavy atom. The van der Waals surface area contributed by atoms with E-state index in [4.69, 9.17) is 0 Å². The molecule has 1 aromatic heterocycles. The average Bonchev–Trinajstić information content (AvgIpc) is 2.84. The van der Waals surface area contributed by atoms with Crippen molar-refractivity contribution in [2.24, 2.45) is 5.92 Å². The fraction of sp³-hybridized carbons (Fsp3) is 0.318. The van der Waals surface area contributed by atoms with E-state index in [9.17, 15) is 9.90 Å². The lowest BCUT2D eigenvalue weighted by Gasteiger charge is -2.14. The van der Waals surface area contributed by atoms with E-state index in [2.05, 4.69) is 41.4 Å². The Bertz CT molecular complexity index is 895. The minimum Gasteiger partial charge on any atom is -0.478 e. The Morgan fingerprint density at radius 3 is 2.76 bits per heavy atom. The Balaban J connectivity index is 1.59. The number of aryl methyl sites for hydroxylation is 2. The maximum atomic E-state index is 11.5. The van der Waals surface area contributed by atoms with Crippen molar-refractivity contribution in [2.45, 2.75) is 38.5 Å². The summed E-state index contributed by atoms with van der Waals surface area (Å²) in [6, 6.07) is 16.3. The predicted molar refractivity (Wildman–Crippen MR) is 100 cm³/mol. The number of aromatic nitrogens is 1. The molecule has 0 fully saturated rings. The second-order valence-electron chi connectivity index (χ2n) is 7.10. The van der Waals surface area contributed by atoms with Crippen LogP contribution >= 0.6 is 0 Å². The first kappa shape index (κ1) is 15.9. The van der Waals surface area contributed by atoms with E-state index in [1.807, 2.05) is 6.07 Å². The van der Waals surface area contributed by atoms with E-state index >= 15 is 0 Å². The number of hydrogen-bond acceptors (Lipinski definition) is 1. The van der Waals surface area contributed by atoms with E-state index in [-0.39, 0.29) is 0 Å². The molecule has 128 valence electrons. The molecule has 0 saturated heterocycles. The van der Waals surface area contributed by atoms with E-state index < -0.39 is 5.97 Å². The molecule has 1 aliphatic carbocycles. The van der Waals surface area contributed by atoms with Crippen LogP contribution in [0, 0.1) is 5.92 Å². The number of aromatic amines is 1. The highest BCUT2D eigenvalue weighted by molar-refractivity contribution is 6.03. The van der Waals surface area contributed by atoms with Gasteiger partial charge in [-0.1, -0.05) is 42.5 Å². The number of para-hydroxylation sites is 1. The highest BCUT2D eigenvalue weighted by atomic mass is 16.4. The van der Waals surface area contributed by atoms with Gasteiger partial charge in [-0.3, -0.25) is 0 Å². The van der Waals surface area contributed by atoms with Gasteiger partial charge in [-0.25, -0.2) is 4.79 Å². The van der Waals surface area contributed by atoms with Gasteiger partial charge in [-0.15, -0.1) is 0 Å². The monoisotopic (exact) mass is 333 g/mol. The predicted octanol–water partition coefficient (Wildman–Crippen LogP) is 4.99. The molecule has 0 aliphatic heterocycles. The second-order valence-corrected chi connectivity index (χ2v) is 7.10. The Kier molecular flexibility index (Phi) is 4.31. The van der Waals surface area contributed by atoms with Gasteiger partial charge in [0.15, 0.2) is 0 Å². The first-order valence-corrected chi connectivity index (χ1v) is 9.12. The van der Waals surface area contributed by atoms with Gasteiger partial charge in [0, 0.05) is 11.1 Å². The summed E-state index contributed by atoms with van der Waals surface area (Å²) in [6.45, 7) is 0. The SMILES string of the molecule is O=C(O)c1cccc2c3c([nH]c12)CC(CCc1ccccc1)CCC3. The number of hydrogen-bond donors (Lipinski definition) is 2. The van der Waals surface area contributed by atoms with Crippen LogP contribution in [0.2, 0.25) is 0 Å². The first-order chi connectivity index (χ1) is 12.2. The number of nitrogens with one attached hydrogen (secondary N) is 1. The lowest BCUT2D eigenvalue weighted by Crippen LogP contribution is -2.05. The number of fused-ring (bicyclic) bond motifs is 3. The summed E-state index contributed by atoms with van der Waals surface area (Å²) in [5.74, 6) is -0.203. The Hall–Kier alpha value is -2.55. The molecule has 2 N–H and O–H groups in total. The van der Waals surface area contributed by atoms with Gasteiger partial charge in [0.05, 0.1) is 11.1 Å². The Morgan fingerprint density at radius 1 is 1.12 bits per heavy atom. The quantitative estimate of drug-likeness (QED) is 0.661. The van der Waals surface area contributed by atoms with E-state index in [0.29, 0.717) is 11.5 Å². The van der Waals surface area contributed by atoms with Gasteiger partial charge in [0.1, 0.15) is 0 Å². The maximum absolute atomic E-state index is 11.5. The maximum Gasteiger partial charge on any atom is 0.337 e. The van der Waals surface area contributed by atoms with Crippen molar-refractivity contribution in [1.82, 2.24) is 4.98 Å². The third-order valence-corrected chi connectivity index (χ3v) is 5.48. The van der Waals surface area contributed by atoms with Crippen molar-refractivity contribution in [3.8, 4) is 0 Å². The molecule has 25 heavy (non-hydrogen) atoms. The molecule has 0 spiro atoms. The van der Waals surface area contributed by atoms with Crippen LogP contribution in [-0.2, 0) is 19.3 Å². The fourth-order valence-electron chi connectivity index (χ4n) is 4.19. The minimum absolute atomic E-state index is 0.381. The molecule has 0 amide bonds. The fourth-order valence-corrected chi connectivity index (χ4v) is 4.19. The number of H-pyrrole nitrogens is 1. The summed E-state index contributed by atoms with van der Waals surface area (Å²) >= 11 is 0. The van der Waals surface area contributed by atoms with E-state index in [1.54, 1.807) is 6.07 Å². The summed E-state index contributed by atoms with van der Waals surface area (Å²) in [5, 5.41) is 10.5. The number of carboxylic acids is 1. The van der Waals surface area contributed by atoms with Crippen LogP contribution in [0.4, 0.5) is 0 Å². The number of carboxylic acid groups (broad SMARTS) is 1. The normalized spacial score (nSPS) is 17.2. The molecular formula is C22H23NO2. The van der Waals surface area contributed by atoms with Crippen LogP contribution in [0.1, 0.15) is 46.4 Å². The largest absolute Gasteiger partial charge is 0.478 e. The first-order valence-electron chi connectivity index (χ1n) is 9.12. The van der Waals surface area contributed by atoms with Gasteiger partial charge < -0.3 is 10.1 Å². The standard InChI is InChI=1S/C22H23NO2/c24-22(25)19-11-5-10-18-17-9-4-8-16(14-20(17)23-21(18)19)13-12-15-6-2-1-3-7-15/h1-3,5-7,10-11,16,23H,4,8-9,12-14H2,(H,24,25). The number of carbonyl (C=O) groups is 1. The number of rotatable bonds is 4. The third kappa shape index (κ3) is 3.19. The molecule has 3 heteroatoms. The van der Waals surface area contributed by atoms with E-state index in [1.165, 1.54) is 36.1 Å². The lowest BCUT2D eigenvalue weighted by atomic mass is 9.92. The van der Waals surface area contributed by atoms with E-state index in [0.717, 1.165) is 30.2 Å². The molecule has 1 unspecified atom stereocenters. The summed E-state index contributed by atoms with van der Waals surface area (Å²) in [4.78, 5) is 15.0. The highest BCUT2D eigenvalue weighted by Gasteiger charge is 2.22. The Labute approximate surface area is 147 Å². The van der Waals surface area contributed by atoms with Gasteiger partial charge in [0.25, 0.3) is 0 Å². The van der Waals surface area contributed by atoms with Crippen LogP contribution < -0.4 is 0 Å². The van der Waals surface area contributed by atoms with Crippen LogP contribution in [0.5, 0.6) is 0 Å². The molecular weight excluding hydrogens is 310 g/mol. The summed E-state index contributed by atoms with van der Waals surface area (Å²) in [6.07, 6.45) is 6.79. The zero-order chi connectivity index (χ0) is 17.2. The van der Waals surface area contributed by atoms with Crippen molar-refractivity contribution in [1.29, 1.82) is 0 Å². The summed E-state index contributed by atoms with van der Waals surface area (Å²) in [7, 11) is 0. The smallest absolute Gasteiger partial charge is 0.337 e. The highest BCUT2D eigenvalue weighted by Crippen LogP contribution is 2.33. The molecule has 0 saturated carbocycles. The zero-order valence-electron chi connectivity index (χ0n) is 14.3. The minimum atomic E-state index is -0.859. The van der Waals surface area contributed by atoms with Crippen molar-refractivity contribution >= 4 is 16.9 Å². The van der Waals surface area contributed by atoms with Crippen LogP contribution in [0.25, 0.3) is 10.9 Å². The van der Waals surface area contributed by atoms with Crippen LogP contribution in [-0.4, -0.2) is 16.1 Å². The molecule has 3 nitrogen and oxygen atoms in total. The molecule has 1 atom stereocenters. The molecule has 0 radical (unpaired) electrons. The van der Waals surface area contributed by atoms with Crippen molar-refractivity contribution in [2.75, 3.05) is 0 Å². The lowest BCUT2D eigenvalue weighted by molar-refractivity contribution is 0.0699. The number of aromatic carboxylic acids is 1. The molecule has 0 bridgehead atoms. The topological polar surface area (TPSA) is 53.1 Å². The molecule has 1 heterocycles. The third-order valence-electron chi connectivity index (χ3n) is 5.48. The van der Waals surface area contributed by atoms with Crippen LogP contribution in [0.3, 0.4) is 0 Å². The molecule has 4 rings (SSSR count). The zero-order valence-corrected chi connectivity index (χ0v) is 14.3. The average molecular weight is 333 g/mol. The summed E-state index contributed by atoms with van der Waals surface area (Å²) < 4.78 is 0. The van der Waals surface area contributed by atoms with Crippen molar-refractivity contribution in [3.05, 3.63) is 70.9 Å². The van der Waals surface area contributed by atoms with Gasteiger partial charge in [-0.05, 0) is 61.6 Å². The van der Waals surface area contributed by atoms with Gasteiger partial charge in [-0.2, -0.15) is 0 Å². The van der Waals surface area contributed by atoms with Crippen molar-refractivity contribution in [3.63, 3.8) is 0 Å². The van der Waals surface area contributed by atoms with Crippen molar-refractivity contribution < 1.29 is 9.90 Å². The molecule has 3 aromatic rings. The van der Waals surface area contributed by atoms with Gasteiger partial charge in [0.2, 0.25) is 0 Å². The van der Waals surface area contributed by atoms with Crippen LogP contribution in [0.15, 0.2) is 48.5 Å². The molecule has 2 aromatic carbocycles. The van der Waals surface area contributed by atoms with Gasteiger partial charge >= 0.3 is 5.97 Å². The second kappa shape index (κ2) is 6.75. The molecule has 1 aliphatic rings. The number of benzene rings is 2. The summed E-state index contributed by atoms with van der Waals surface area (Å²) in [5.41, 5.74) is 5.16.